The van der Waals surface area contributed by atoms with Crippen molar-refractivity contribution >= 4 is 5.91 Å². The first-order valence-electron chi connectivity index (χ1n) is 9.50. The standard InChI is InChI=1S/C21H29N3O2/c1-15(2)19(21(14-25)11-7-8-12-21)22-20(26)18-13-24(23-16(18)3)17-9-5-4-6-10-17/h4-6,9-10,13,15,19,25H,7-8,11-12,14H2,1-3H3,(H,22,26). The van der Waals surface area contributed by atoms with E-state index < -0.39 is 0 Å². The second-order valence-electron chi connectivity index (χ2n) is 7.83. The summed E-state index contributed by atoms with van der Waals surface area (Å²) in [6.07, 6.45) is 5.96. The molecule has 2 N–H and O–H groups in total. The summed E-state index contributed by atoms with van der Waals surface area (Å²) in [6.45, 7) is 6.20. The van der Waals surface area contributed by atoms with E-state index >= 15 is 0 Å². The quantitative estimate of drug-likeness (QED) is 0.833. The molecule has 1 aliphatic carbocycles. The van der Waals surface area contributed by atoms with Crippen molar-refractivity contribution < 1.29 is 9.90 Å². The number of carbonyl (C=O) groups is 1. The minimum atomic E-state index is -0.201. The van der Waals surface area contributed by atoms with E-state index in [1.54, 1.807) is 10.9 Å². The van der Waals surface area contributed by atoms with E-state index in [0.717, 1.165) is 31.4 Å². The molecule has 5 heteroatoms. The van der Waals surface area contributed by atoms with Crippen molar-refractivity contribution in [3.05, 3.63) is 47.8 Å². The van der Waals surface area contributed by atoms with Crippen LogP contribution in [0.4, 0.5) is 0 Å². The highest BCUT2D eigenvalue weighted by Crippen LogP contribution is 2.43. The van der Waals surface area contributed by atoms with E-state index in [-0.39, 0.29) is 29.9 Å². The maximum atomic E-state index is 13.0. The number of aliphatic hydroxyl groups excluding tert-OH is 1. The number of aryl methyl sites for hydroxylation is 1. The summed E-state index contributed by atoms with van der Waals surface area (Å²) in [5, 5.41) is 17.8. The maximum absolute atomic E-state index is 13.0. The van der Waals surface area contributed by atoms with Gasteiger partial charge in [0.05, 0.1) is 23.6 Å². The zero-order valence-electron chi connectivity index (χ0n) is 15.9. The number of nitrogens with one attached hydrogen (secondary N) is 1. The molecular weight excluding hydrogens is 326 g/mol. The number of aliphatic hydroxyl groups is 1. The Morgan fingerprint density at radius 1 is 1.27 bits per heavy atom. The predicted octanol–water partition coefficient (Wildman–Crippen LogP) is 3.49. The number of amides is 1. The molecule has 2 aromatic rings. The lowest BCUT2D eigenvalue weighted by atomic mass is 9.74. The summed E-state index contributed by atoms with van der Waals surface area (Å²) in [4.78, 5) is 13.0. The summed E-state index contributed by atoms with van der Waals surface area (Å²) in [6, 6.07) is 9.74. The molecule has 1 aliphatic rings. The van der Waals surface area contributed by atoms with E-state index in [2.05, 4.69) is 24.3 Å². The van der Waals surface area contributed by atoms with Crippen molar-refractivity contribution in [3.8, 4) is 5.69 Å². The van der Waals surface area contributed by atoms with Crippen LogP contribution in [0, 0.1) is 18.3 Å². The summed E-state index contributed by atoms with van der Waals surface area (Å²) < 4.78 is 1.74. The maximum Gasteiger partial charge on any atom is 0.255 e. The first-order chi connectivity index (χ1) is 12.5. The van der Waals surface area contributed by atoms with Crippen molar-refractivity contribution in [1.29, 1.82) is 0 Å². The lowest BCUT2D eigenvalue weighted by Crippen LogP contribution is -2.51. The molecular formula is C21H29N3O2. The molecule has 3 rings (SSSR count). The van der Waals surface area contributed by atoms with Crippen LogP contribution in [0.1, 0.15) is 55.6 Å². The van der Waals surface area contributed by atoms with Crippen LogP contribution in [-0.2, 0) is 0 Å². The van der Waals surface area contributed by atoms with Crippen molar-refractivity contribution in [1.82, 2.24) is 15.1 Å². The lowest BCUT2D eigenvalue weighted by molar-refractivity contribution is 0.0568. The van der Waals surface area contributed by atoms with Gasteiger partial charge in [-0.1, -0.05) is 44.9 Å². The Kier molecular flexibility index (Phi) is 5.47. The Balaban J connectivity index is 1.83. The number of rotatable bonds is 6. The molecule has 0 bridgehead atoms. The fourth-order valence-corrected chi connectivity index (χ4v) is 4.29. The third-order valence-corrected chi connectivity index (χ3v) is 5.69. The Labute approximate surface area is 155 Å². The minimum Gasteiger partial charge on any atom is -0.396 e. The third-order valence-electron chi connectivity index (χ3n) is 5.69. The molecule has 1 saturated carbocycles. The summed E-state index contributed by atoms with van der Waals surface area (Å²) in [5.74, 6) is 0.150. The monoisotopic (exact) mass is 355 g/mol. The topological polar surface area (TPSA) is 67.2 Å². The molecule has 1 atom stereocenters. The van der Waals surface area contributed by atoms with Crippen molar-refractivity contribution in [2.75, 3.05) is 6.61 Å². The highest BCUT2D eigenvalue weighted by atomic mass is 16.3. The van der Waals surface area contributed by atoms with Crippen LogP contribution in [0.15, 0.2) is 36.5 Å². The smallest absolute Gasteiger partial charge is 0.255 e. The van der Waals surface area contributed by atoms with Crippen LogP contribution in [0.3, 0.4) is 0 Å². The van der Waals surface area contributed by atoms with Gasteiger partial charge in [0.25, 0.3) is 5.91 Å². The molecule has 0 radical (unpaired) electrons. The minimum absolute atomic E-state index is 0.0398. The van der Waals surface area contributed by atoms with Crippen molar-refractivity contribution in [2.24, 2.45) is 11.3 Å². The number of carbonyl (C=O) groups excluding carboxylic acids is 1. The molecule has 1 unspecified atom stereocenters. The molecule has 1 aromatic heterocycles. The Morgan fingerprint density at radius 3 is 2.50 bits per heavy atom. The van der Waals surface area contributed by atoms with Gasteiger partial charge in [0.1, 0.15) is 0 Å². The van der Waals surface area contributed by atoms with E-state index in [1.165, 1.54) is 0 Å². The van der Waals surface area contributed by atoms with E-state index in [0.29, 0.717) is 11.3 Å². The van der Waals surface area contributed by atoms with Gasteiger partial charge in [0, 0.05) is 17.7 Å². The predicted molar refractivity (Wildman–Crippen MR) is 102 cm³/mol. The largest absolute Gasteiger partial charge is 0.396 e. The summed E-state index contributed by atoms with van der Waals surface area (Å²) in [7, 11) is 0. The van der Waals surface area contributed by atoms with E-state index in [9.17, 15) is 9.90 Å². The van der Waals surface area contributed by atoms with Crippen LogP contribution in [-0.4, -0.2) is 33.4 Å². The SMILES string of the molecule is Cc1nn(-c2ccccc2)cc1C(=O)NC(C(C)C)C1(CO)CCCC1. The van der Waals surface area contributed by atoms with E-state index in [1.807, 2.05) is 37.3 Å². The van der Waals surface area contributed by atoms with Gasteiger partial charge in [0.2, 0.25) is 0 Å². The molecule has 26 heavy (non-hydrogen) atoms. The molecule has 1 aromatic carbocycles. The fraction of sp³-hybridized carbons (Fsp3) is 0.524. The Bertz CT molecular complexity index is 746. The van der Waals surface area contributed by atoms with Crippen molar-refractivity contribution in [3.63, 3.8) is 0 Å². The number of hydrogen-bond acceptors (Lipinski definition) is 3. The zero-order chi connectivity index (χ0) is 18.7. The van der Waals surface area contributed by atoms with Gasteiger partial charge in [0.15, 0.2) is 0 Å². The van der Waals surface area contributed by atoms with Gasteiger partial charge < -0.3 is 10.4 Å². The Morgan fingerprint density at radius 2 is 1.92 bits per heavy atom. The van der Waals surface area contributed by atoms with Gasteiger partial charge in [-0.2, -0.15) is 5.10 Å². The van der Waals surface area contributed by atoms with Crippen LogP contribution >= 0.6 is 0 Å². The average molecular weight is 355 g/mol. The molecule has 0 saturated heterocycles. The second kappa shape index (κ2) is 7.62. The van der Waals surface area contributed by atoms with Crippen LogP contribution in [0.5, 0.6) is 0 Å². The fourth-order valence-electron chi connectivity index (χ4n) is 4.29. The van der Waals surface area contributed by atoms with Crippen LogP contribution in [0.25, 0.3) is 5.69 Å². The summed E-state index contributed by atoms with van der Waals surface area (Å²) in [5.41, 5.74) is 2.02. The molecule has 5 nitrogen and oxygen atoms in total. The lowest BCUT2D eigenvalue weighted by Gasteiger charge is -2.39. The molecule has 1 heterocycles. The van der Waals surface area contributed by atoms with Crippen molar-refractivity contribution in [2.45, 2.75) is 52.5 Å². The van der Waals surface area contributed by atoms with Gasteiger partial charge in [-0.15, -0.1) is 0 Å². The number of para-hydroxylation sites is 1. The third kappa shape index (κ3) is 3.54. The number of benzene rings is 1. The zero-order valence-corrected chi connectivity index (χ0v) is 15.9. The number of aromatic nitrogens is 2. The highest BCUT2D eigenvalue weighted by molar-refractivity contribution is 5.95. The molecule has 0 aliphatic heterocycles. The Hall–Kier alpha value is -2.14. The van der Waals surface area contributed by atoms with Gasteiger partial charge in [-0.3, -0.25) is 4.79 Å². The van der Waals surface area contributed by atoms with E-state index in [4.69, 9.17) is 0 Å². The normalized spacial score (nSPS) is 17.4. The second-order valence-corrected chi connectivity index (χ2v) is 7.83. The van der Waals surface area contributed by atoms with Gasteiger partial charge in [-0.25, -0.2) is 4.68 Å². The molecule has 1 amide bonds. The number of nitrogens with zero attached hydrogens (tertiary/aromatic N) is 2. The van der Waals surface area contributed by atoms with Gasteiger partial charge >= 0.3 is 0 Å². The summed E-state index contributed by atoms with van der Waals surface area (Å²) >= 11 is 0. The molecule has 1 fully saturated rings. The van der Waals surface area contributed by atoms with Gasteiger partial charge in [-0.05, 0) is 37.8 Å². The highest BCUT2D eigenvalue weighted by Gasteiger charge is 2.43. The molecule has 0 spiro atoms. The average Bonchev–Trinajstić information content (AvgIpc) is 3.27. The first-order valence-corrected chi connectivity index (χ1v) is 9.50. The number of hydrogen-bond donors (Lipinski definition) is 2. The first kappa shape index (κ1) is 18.6. The molecule has 140 valence electrons. The van der Waals surface area contributed by atoms with Crippen LogP contribution < -0.4 is 5.32 Å². The van der Waals surface area contributed by atoms with Crippen LogP contribution in [0.2, 0.25) is 0 Å².